The van der Waals surface area contributed by atoms with E-state index < -0.39 is 35.4 Å². The van der Waals surface area contributed by atoms with E-state index in [4.69, 9.17) is 14.2 Å². The quantitative estimate of drug-likeness (QED) is 0.219. The molecule has 0 amide bonds. The molecule has 4 aromatic carbocycles. The lowest BCUT2D eigenvalue weighted by molar-refractivity contribution is -0.00128. The number of aromatic hydroxyl groups is 5. The molecule has 0 aromatic heterocycles. The number of aliphatic hydroxyl groups is 1. The van der Waals surface area contributed by atoms with Crippen molar-refractivity contribution in [1.29, 1.82) is 0 Å². The fourth-order valence-electron chi connectivity index (χ4n) is 5.84. The first-order valence-corrected chi connectivity index (χ1v) is 12.5. The molecule has 4 atom stereocenters. The molecule has 40 heavy (non-hydrogen) atoms. The number of hydrogen-bond donors (Lipinski definition) is 6. The van der Waals surface area contributed by atoms with Gasteiger partial charge in [0, 0.05) is 30.2 Å². The van der Waals surface area contributed by atoms with Crippen molar-refractivity contribution in [2.45, 2.75) is 30.3 Å². The lowest BCUT2D eigenvalue weighted by Crippen LogP contribution is -2.42. The van der Waals surface area contributed by atoms with Crippen LogP contribution in [0.3, 0.4) is 0 Å². The summed E-state index contributed by atoms with van der Waals surface area (Å²) in [6, 6.07) is 15.6. The van der Waals surface area contributed by atoms with E-state index in [-0.39, 0.29) is 63.4 Å². The molecule has 10 heteroatoms. The van der Waals surface area contributed by atoms with Gasteiger partial charge in [-0.1, -0.05) is 24.3 Å². The Kier molecular flexibility index (Phi) is 4.92. The fraction of sp³-hybridized carbons (Fsp3) is 0.167. The number of phenols is 5. The molecule has 0 saturated carbocycles. The first-order valence-electron chi connectivity index (χ1n) is 12.5. The highest BCUT2D eigenvalue weighted by molar-refractivity contribution is 6.12. The van der Waals surface area contributed by atoms with Crippen LogP contribution in [-0.2, 0) is 12.0 Å². The summed E-state index contributed by atoms with van der Waals surface area (Å²) < 4.78 is 18.9. The number of Topliss-reactive ketones (excluding diaryl/α,β-unsaturated/α-hetero) is 1. The lowest BCUT2D eigenvalue weighted by Gasteiger charge is -2.35. The van der Waals surface area contributed by atoms with Gasteiger partial charge in [-0.15, -0.1) is 0 Å². The van der Waals surface area contributed by atoms with Crippen LogP contribution in [0.25, 0.3) is 0 Å². The maximum atomic E-state index is 14.3. The Morgan fingerprint density at radius 1 is 0.725 bits per heavy atom. The number of fused-ring (bicyclic) bond motifs is 5. The largest absolute Gasteiger partial charge is 0.508 e. The van der Waals surface area contributed by atoms with E-state index in [1.807, 2.05) is 0 Å². The standard InChI is InChI=1S/C30H22O10/c31-15-5-1-13(2-6-15)26-21(36)11-18-19(34)12-23-25(27(18)39-26)30(29(38-23)14-3-7-16(32)8-4-14)28(37)24-20(35)9-17(33)10-22(24)40-30/h1-10,12,21,26,29,31-36H,11H2/t21-,26-,29-,30+/m1/s1. The summed E-state index contributed by atoms with van der Waals surface area (Å²) in [6.07, 6.45) is -3.20. The zero-order valence-electron chi connectivity index (χ0n) is 20.6. The fourth-order valence-corrected chi connectivity index (χ4v) is 5.84. The summed E-state index contributed by atoms with van der Waals surface area (Å²) in [5.41, 5.74) is -0.756. The van der Waals surface area contributed by atoms with Crippen LogP contribution < -0.4 is 14.2 Å². The monoisotopic (exact) mass is 542 g/mol. The van der Waals surface area contributed by atoms with Crippen molar-refractivity contribution in [3.8, 4) is 46.0 Å². The molecule has 3 heterocycles. The summed E-state index contributed by atoms with van der Waals surface area (Å²) in [4.78, 5) is 14.3. The van der Waals surface area contributed by atoms with Gasteiger partial charge in [-0.25, -0.2) is 0 Å². The van der Waals surface area contributed by atoms with Crippen molar-refractivity contribution in [2.24, 2.45) is 0 Å². The topological polar surface area (TPSA) is 166 Å². The van der Waals surface area contributed by atoms with Crippen molar-refractivity contribution in [1.82, 2.24) is 0 Å². The molecular formula is C30H22O10. The Balaban J connectivity index is 1.46. The molecule has 0 saturated heterocycles. The summed E-state index contributed by atoms with van der Waals surface area (Å²) in [5.74, 6) is -1.59. The number of carbonyl (C=O) groups excluding carboxylic acids is 1. The lowest BCUT2D eigenvalue weighted by atomic mass is 9.79. The average molecular weight is 542 g/mol. The van der Waals surface area contributed by atoms with Crippen molar-refractivity contribution in [2.75, 3.05) is 0 Å². The Bertz CT molecular complexity index is 1700. The maximum absolute atomic E-state index is 14.3. The predicted molar refractivity (Wildman–Crippen MR) is 137 cm³/mol. The van der Waals surface area contributed by atoms with E-state index in [9.17, 15) is 35.4 Å². The second kappa shape index (κ2) is 8.20. The van der Waals surface area contributed by atoms with Gasteiger partial charge in [0.15, 0.2) is 6.10 Å². The Morgan fingerprint density at radius 3 is 2.05 bits per heavy atom. The summed E-state index contributed by atoms with van der Waals surface area (Å²) in [5, 5.41) is 62.3. The molecule has 0 fully saturated rings. The van der Waals surface area contributed by atoms with Crippen LogP contribution in [0.15, 0.2) is 66.7 Å². The van der Waals surface area contributed by atoms with Crippen LogP contribution >= 0.6 is 0 Å². The van der Waals surface area contributed by atoms with Gasteiger partial charge < -0.3 is 44.8 Å². The number of rotatable bonds is 2. The van der Waals surface area contributed by atoms with Crippen molar-refractivity contribution in [3.63, 3.8) is 0 Å². The van der Waals surface area contributed by atoms with Crippen LogP contribution in [0, 0.1) is 0 Å². The summed E-state index contributed by atoms with van der Waals surface area (Å²) in [7, 11) is 0. The van der Waals surface area contributed by atoms with Gasteiger partial charge in [0.2, 0.25) is 11.4 Å². The van der Waals surface area contributed by atoms with Crippen molar-refractivity contribution in [3.05, 3.63) is 94.5 Å². The van der Waals surface area contributed by atoms with E-state index >= 15 is 0 Å². The first-order chi connectivity index (χ1) is 19.2. The molecule has 4 aromatic rings. The predicted octanol–water partition coefficient (Wildman–Crippen LogP) is 3.86. The van der Waals surface area contributed by atoms with Gasteiger partial charge in [-0.05, 0) is 35.4 Å². The van der Waals surface area contributed by atoms with Crippen molar-refractivity contribution >= 4 is 5.78 Å². The zero-order chi connectivity index (χ0) is 27.9. The maximum Gasteiger partial charge on any atom is 0.244 e. The second-order valence-electron chi connectivity index (χ2n) is 10.1. The van der Waals surface area contributed by atoms with Gasteiger partial charge >= 0.3 is 0 Å². The van der Waals surface area contributed by atoms with Gasteiger partial charge in [0.1, 0.15) is 57.7 Å². The number of hydrogen-bond acceptors (Lipinski definition) is 10. The third kappa shape index (κ3) is 3.23. The van der Waals surface area contributed by atoms with Gasteiger partial charge in [-0.3, -0.25) is 4.79 Å². The SMILES string of the molecule is O=C1c2c(O)cc(O)cc2O[C@@]12c1c(cc(O)c3c1O[C@H](c1ccc(O)cc1)[C@H](O)C3)O[C@@H]2c1ccc(O)cc1. The molecule has 0 aliphatic carbocycles. The summed E-state index contributed by atoms with van der Waals surface area (Å²) >= 11 is 0. The van der Waals surface area contributed by atoms with Crippen LogP contribution in [-0.4, -0.2) is 42.5 Å². The second-order valence-corrected chi connectivity index (χ2v) is 10.1. The highest BCUT2D eigenvalue weighted by Gasteiger charge is 2.65. The molecule has 202 valence electrons. The van der Waals surface area contributed by atoms with Gasteiger partial charge in [0.05, 0.1) is 11.7 Å². The minimum Gasteiger partial charge on any atom is -0.508 e. The van der Waals surface area contributed by atoms with Crippen LogP contribution in [0.4, 0.5) is 0 Å². The van der Waals surface area contributed by atoms with Crippen molar-refractivity contribution < 1.29 is 49.6 Å². The molecule has 6 N–H and O–H groups in total. The van der Waals surface area contributed by atoms with Crippen LogP contribution in [0.1, 0.15) is 44.8 Å². The highest BCUT2D eigenvalue weighted by Crippen LogP contribution is 2.63. The third-order valence-electron chi connectivity index (χ3n) is 7.64. The summed E-state index contributed by atoms with van der Waals surface area (Å²) in [6.45, 7) is 0. The molecular weight excluding hydrogens is 520 g/mol. The molecule has 0 unspecified atom stereocenters. The van der Waals surface area contributed by atoms with E-state index in [0.29, 0.717) is 11.1 Å². The number of carbonyl (C=O) groups is 1. The average Bonchev–Trinajstić information content (AvgIpc) is 3.39. The number of ketones is 1. The zero-order valence-corrected chi connectivity index (χ0v) is 20.6. The number of benzene rings is 4. The molecule has 7 rings (SSSR count). The molecule has 0 bridgehead atoms. The molecule has 10 nitrogen and oxygen atoms in total. The van der Waals surface area contributed by atoms with E-state index in [2.05, 4.69) is 0 Å². The third-order valence-corrected chi connectivity index (χ3v) is 7.64. The van der Waals surface area contributed by atoms with Gasteiger partial charge in [0.25, 0.3) is 0 Å². The molecule has 0 radical (unpaired) electrons. The van der Waals surface area contributed by atoms with Crippen LogP contribution in [0.2, 0.25) is 0 Å². The first kappa shape index (κ1) is 24.0. The minimum absolute atomic E-state index is 0.0121. The smallest absolute Gasteiger partial charge is 0.244 e. The van der Waals surface area contributed by atoms with Crippen LogP contribution in [0.5, 0.6) is 46.0 Å². The van der Waals surface area contributed by atoms with Gasteiger partial charge in [-0.2, -0.15) is 0 Å². The molecule has 1 spiro atoms. The van der Waals surface area contributed by atoms with E-state index in [1.165, 1.54) is 36.4 Å². The van der Waals surface area contributed by atoms with E-state index in [0.717, 1.165) is 6.07 Å². The Labute approximate surface area is 226 Å². The Morgan fingerprint density at radius 2 is 1.38 bits per heavy atom. The number of aliphatic hydroxyl groups excluding tert-OH is 1. The Hall–Kier alpha value is -5.09. The highest BCUT2D eigenvalue weighted by atomic mass is 16.6. The number of phenolic OH excluding ortho intramolecular Hbond substituents is 5. The molecule has 3 aliphatic heterocycles. The minimum atomic E-state index is -1.96. The molecule has 3 aliphatic rings. The van der Waals surface area contributed by atoms with E-state index in [1.54, 1.807) is 24.3 Å². The normalized spacial score (nSPS) is 24.0. The number of ether oxygens (including phenoxy) is 3.